The molecule has 0 spiro atoms. The number of piperazine rings is 1. The fourth-order valence-electron chi connectivity index (χ4n) is 7.70. The molecule has 0 radical (unpaired) electrons. The Kier molecular flexibility index (Phi) is 9.15. The number of aromatic nitrogens is 1. The summed E-state index contributed by atoms with van der Waals surface area (Å²) in [5, 5.41) is 22.7. The van der Waals surface area contributed by atoms with Gasteiger partial charge in [-0.2, -0.15) is 10.5 Å². The van der Waals surface area contributed by atoms with Crippen LogP contribution in [0, 0.1) is 29.6 Å². The molecular weight excluding hydrogens is 574 g/mol. The van der Waals surface area contributed by atoms with Gasteiger partial charge in [0.05, 0.1) is 36.5 Å². The number of ether oxygens (including phenoxy) is 1. The second-order valence-corrected chi connectivity index (χ2v) is 12.9. The first-order valence-corrected chi connectivity index (χ1v) is 16.5. The number of amides is 1. The first-order chi connectivity index (χ1) is 22.3. The van der Waals surface area contributed by atoms with Crippen LogP contribution in [0.1, 0.15) is 55.5 Å². The predicted octanol–water partition coefficient (Wildman–Crippen LogP) is 5.35. The zero-order chi connectivity index (χ0) is 32.4. The lowest BCUT2D eigenvalue weighted by Crippen LogP contribution is -2.55. The zero-order valence-corrected chi connectivity index (χ0v) is 27.2. The maximum Gasteiger partial charge on any atom is 0.246 e. The molecule has 2 fully saturated rings. The number of likely N-dealkylation sites (tertiary alicyclic amines) is 1. The average Bonchev–Trinajstić information content (AvgIpc) is 3.55. The van der Waals surface area contributed by atoms with Crippen LogP contribution >= 0.6 is 0 Å². The number of pyridine rings is 1. The molecule has 1 aromatic heterocycles. The van der Waals surface area contributed by atoms with Gasteiger partial charge < -0.3 is 19.4 Å². The van der Waals surface area contributed by atoms with Crippen LogP contribution in [0.3, 0.4) is 0 Å². The summed E-state index contributed by atoms with van der Waals surface area (Å²) < 4.78 is 6.52. The lowest BCUT2D eigenvalue weighted by atomic mass is 9.95. The highest BCUT2D eigenvalue weighted by Gasteiger charge is 2.35. The number of aryl methyl sites for hydroxylation is 1. The molecule has 0 aliphatic carbocycles. The molecule has 238 valence electrons. The summed E-state index contributed by atoms with van der Waals surface area (Å²) in [5.74, 6) is 0.206. The van der Waals surface area contributed by atoms with Crippen molar-refractivity contribution in [2.24, 2.45) is 0 Å². The standard InChI is InChI=1S/C37H43N7O2/c1-5-34(45)44-20-19-42(22-28(44)14-16-38)36-30-15-18-41(33-13-7-11-27-10-6-9-26(4)35(27)33)23-32(30)40-37(31(36)21-39)46-24-29-12-8-17-43(29)25(2)3/h5-7,9-11,13,25,28-29H,1,8,12,14-15,17-20,22-24H2,2-4H3/t28-,29-/m0/s1. The van der Waals surface area contributed by atoms with Gasteiger partial charge >= 0.3 is 0 Å². The highest BCUT2D eigenvalue weighted by Crippen LogP contribution is 2.40. The van der Waals surface area contributed by atoms with Crippen molar-refractivity contribution in [1.82, 2.24) is 14.8 Å². The van der Waals surface area contributed by atoms with E-state index in [-0.39, 0.29) is 24.4 Å². The summed E-state index contributed by atoms with van der Waals surface area (Å²) in [4.78, 5) is 26.5. The minimum atomic E-state index is -0.305. The highest BCUT2D eigenvalue weighted by molar-refractivity contribution is 5.97. The zero-order valence-electron chi connectivity index (χ0n) is 27.2. The summed E-state index contributed by atoms with van der Waals surface area (Å²) in [5.41, 5.74) is 5.67. The van der Waals surface area contributed by atoms with Gasteiger partial charge in [0.15, 0.2) is 0 Å². The number of anilines is 2. The summed E-state index contributed by atoms with van der Waals surface area (Å²) in [6.07, 6.45) is 4.42. The van der Waals surface area contributed by atoms with Gasteiger partial charge in [0.1, 0.15) is 18.2 Å². The second-order valence-electron chi connectivity index (χ2n) is 12.9. The monoisotopic (exact) mass is 617 g/mol. The van der Waals surface area contributed by atoms with E-state index in [0.29, 0.717) is 56.7 Å². The molecule has 9 nitrogen and oxygen atoms in total. The van der Waals surface area contributed by atoms with E-state index in [2.05, 4.69) is 90.6 Å². The van der Waals surface area contributed by atoms with Crippen molar-refractivity contribution < 1.29 is 9.53 Å². The van der Waals surface area contributed by atoms with Gasteiger partial charge in [-0.15, -0.1) is 0 Å². The number of carbonyl (C=O) groups excluding carboxylic acids is 1. The Morgan fingerprint density at radius 2 is 1.91 bits per heavy atom. The Hall–Kier alpha value is -4.60. The van der Waals surface area contributed by atoms with E-state index in [1.807, 2.05) is 0 Å². The smallest absolute Gasteiger partial charge is 0.246 e. The third-order valence-electron chi connectivity index (χ3n) is 9.92. The normalized spacial score (nSPS) is 20.0. The number of nitriles is 2. The van der Waals surface area contributed by atoms with Crippen LogP contribution in [0.2, 0.25) is 0 Å². The van der Waals surface area contributed by atoms with Crippen molar-refractivity contribution >= 4 is 28.1 Å². The van der Waals surface area contributed by atoms with E-state index in [9.17, 15) is 15.3 Å². The number of nitrogens with zero attached hydrogens (tertiary/aromatic N) is 7. The summed E-state index contributed by atoms with van der Waals surface area (Å²) in [6, 6.07) is 18.0. The van der Waals surface area contributed by atoms with Crippen LogP contribution in [0.4, 0.5) is 11.4 Å². The quantitative estimate of drug-likeness (QED) is 0.312. The predicted molar refractivity (Wildman–Crippen MR) is 181 cm³/mol. The van der Waals surface area contributed by atoms with Gasteiger partial charge in [0, 0.05) is 54.9 Å². The van der Waals surface area contributed by atoms with Crippen LogP contribution in [-0.4, -0.2) is 78.1 Å². The van der Waals surface area contributed by atoms with Crippen molar-refractivity contribution in [2.45, 2.75) is 71.1 Å². The highest BCUT2D eigenvalue weighted by atomic mass is 16.5. The summed E-state index contributed by atoms with van der Waals surface area (Å²) in [6.45, 7) is 14.6. The number of benzene rings is 2. The molecule has 3 aliphatic heterocycles. The molecule has 0 unspecified atom stereocenters. The number of fused-ring (bicyclic) bond motifs is 2. The average molecular weight is 618 g/mol. The Balaban J connectivity index is 1.40. The minimum Gasteiger partial charge on any atom is -0.475 e. The molecule has 0 N–H and O–H groups in total. The van der Waals surface area contributed by atoms with Crippen molar-refractivity contribution in [3.8, 4) is 18.0 Å². The van der Waals surface area contributed by atoms with E-state index >= 15 is 0 Å². The van der Waals surface area contributed by atoms with Gasteiger partial charge in [-0.3, -0.25) is 9.69 Å². The Bertz CT molecular complexity index is 1720. The van der Waals surface area contributed by atoms with Crippen molar-refractivity contribution in [3.05, 3.63) is 71.4 Å². The molecule has 0 saturated carbocycles. The van der Waals surface area contributed by atoms with Crippen LogP contribution in [0.5, 0.6) is 5.88 Å². The maximum absolute atomic E-state index is 12.7. The third-order valence-corrected chi connectivity index (χ3v) is 9.92. The Labute approximate surface area is 272 Å². The van der Waals surface area contributed by atoms with E-state index < -0.39 is 0 Å². The molecule has 0 bridgehead atoms. The molecule has 2 atom stereocenters. The second kappa shape index (κ2) is 13.4. The molecule has 6 rings (SSSR count). The van der Waals surface area contributed by atoms with Crippen molar-refractivity contribution in [2.75, 3.05) is 49.1 Å². The summed E-state index contributed by atoms with van der Waals surface area (Å²) in [7, 11) is 0. The van der Waals surface area contributed by atoms with E-state index in [1.165, 1.54) is 28.1 Å². The number of carbonyl (C=O) groups is 1. The SMILES string of the molecule is C=CC(=O)N1CCN(c2c(C#N)c(OC[C@@H]3CCCN3C(C)C)nc3c2CCN(c2cccc4cccc(C)c24)C3)C[C@@H]1CC#N. The lowest BCUT2D eigenvalue weighted by Gasteiger charge is -2.43. The summed E-state index contributed by atoms with van der Waals surface area (Å²) >= 11 is 0. The largest absolute Gasteiger partial charge is 0.475 e. The van der Waals surface area contributed by atoms with Gasteiger partial charge in [-0.25, -0.2) is 4.98 Å². The van der Waals surface area contributed by atoms with Crippen LogP contribution < -0.4 is 14.5 Å². The van der Waals surface area contributed by atoms with Crippen LogP contribution in [-0.2, 0) is 17.8 Å². The lowest BCUT2D eigenvalue weighted by molar-refractivity contribution is -0.128. The first kappa shape index (κ1) is 31.4. The van der Waals surface area contributed by atoms with Gasteiger partial charge in [0.2, 0.25) is 11.8 Å². The van der Waals surface area contributed by atoms with Gasteiger partial charge in [0.25, 0.3) is 0 Å². The number of hydrogen-bond donors (Lipinski definition) is 0. The molecule has 3 aliphatic rings. The number of hydrogen-bond acceptors (Lipinski definition) is 8. The number of rotatable bonds is 8. The fraction of sp³-hybridized carbons (Fsp3) is 0.459. The molecule has 1 amide bonds. The molecule has 2 saturated heterocycles. The van der Waals surface area contributed by atoms with E-state index in [0.717, 1.165) is 42.9 Å². The van der Waals surface area contributed by atoms with Crippen molar-refractivity contribution in [1.29, 1.82) is 10.5 Å². The molecular formula is C37H43N7O2. The Morgan fingerprint density at radius 1 is 1.11 bits per heavy atom. The first-order valence-electron chi connectivity index (χ1n) is 16.5. The molecule has 46 heavy (non-hydrogen) atoms. The fourth-order valence-corrected chi connectivity index (χ4v) is 7.70. The van der Waals surface area contributed by atoms with Crippen molar-refractivity contribution in [3.63, 3.8) is 0 Å². The minimum absolute atomic E-state index is 0.173. The van der Waals surface area contributed by atoms with E-state index in [4.69, 9.17) is 9.72 Å². The molecule has 3 aromatic rings. The molecule has 4 heterocycles. The Morgan fingerprint density at radius 3 is 2.65 bits per heavy atom. The molecule has 2 aromatic carbocycles. The molecule has 9 heteroatoms. The maximum atomic E-state index is 12.7. The van der Waals surface area contributed by atoms with Gasteiger partial charge in [-0.05, 0) is 69.7 Å². The van der Waals surface area contributed by atoms with Crippen LogP contribution in [0.15, 0.2) is 49.1 Å². The van der Waals surface area contributed by atoms with E-state index in [1.54, 1.807) is 4.90 Å². The van der Waals surface area contributed by atoms with Crippen LogP contribution in [0.25, 0.3) is 10.8 Å². The topological polar surface area (TPSA) is 99.7 Å². The third kappa shape index (κ3) is 5.88. The van der Waals surface area contributed by atoms with Gasteiger partial charge in [-0.1, -0.05) is 36.9 Å².